The molecule has 0 saturated carbocycles. The Kier molecular flexibility index (Phi) is 48.3. The standard InChI is InChI=1S/C16H24O2.C15H22O2.C14H20O2.C13H18O2.C12H16O2.C6H12O2.3CH4/c1-11(2)15(9-13(4)16(17)18)10-14-7-5-12(3)6-8-14;1-11(2)14(8-9-15(16)17)10-13-6-4-12(3)5-7-13;1-10(2)13(9-14(15)16)8-12-6-4-11(3)5-7-12;1-9(2)12(13(14)15)8-11-6-4-10(3)5-7-11;1-9(2)11(12(13)14)8-10-6-4-3-5-7-10;1-4(2)5(3)6(7)8;;;/h5-8,11,13,15H,9-10H2,1-4H3,(H,17,18);4-7,11,14H,8-10H2,1-3H3,(H,16,17);4-7,10,13H,8-9H2,1-3H3,(H,15,16);4-7,9,12H,8H2,1-3H3,(H,14,15);3-7,9,11H,8H2,1-2H3,(H,13,14);4-5H,1-3H3,(H,7,8);3*1H4/t13?,15-;14-;13-;12-;11-;5-;;;/m110111.../s1. The van der Waals surface area contributed by atoms with Crippen LogP contribution in [-0.2, 0) is 60.9 Å². The van der Waals surface area contributed by atoms with Gasteiger partial charge in [0.2, 0.25) is 0 Å². The first-order valence-electron chi connectivity index (χ1n) is 31.6. The summed E-state index contributed by atoms with van der Waals surface area (Å²) >= 11 is 0. The first-order valence-corrected chi connectivity index (χ1v) is 31.6. The van der Waals surface area contributed by atoms with E-state index in [0.717, 1.165) is 43.2 Å². The second kappa shape index (κ2) is 48.7. The molecule has 0 fully saturated rings. The quantitative estimate of drug-likeness (QED) is 0.0289. The van der Waals surface area contributed by atoms with E-state index in [1.165, 1.54) is 38.9 Å². The SMILES string of the molecule is C.C.C.CC(C)[C@@H](C)C(=O)O.CC(C)[C@@H](Cc1ccccc1)C(=O)O.Cc1ccc(C[C@@H](C(=O)O)C(C)C)cc1.Cc1ccc(C[C@@H](CC(=O)O)C(C)C)cc1.Cc1ccc(C[C@@H](CC(C)C(=O)O)C(C)C)cc1.Cc1ccc(C[C@@H](CCC(=O)O)C(C)C)cc1. The van der Waals surface area contributed by atoms with E-state index in [1.54, 1.807) is 13.8 Å². The van der Waals surface area contributed by atoms with Gasteiger partial charge in [-0.2, -0.15) is 0 Å². The molecule has 0 spiro atoms. The normalized spacial score (nSPS) is 12.8. The number of benzene rings is 5. The molecule has 12 nitrogen and oxygen atoms in total. The summed E-state index contributed by atoms with van der Waals surface area (Å²) in [4.78, 5) is 64.4. The van der Waals surface area contributed by atoms with E-state index in [-0.39, 0.29) is 82.5 Å². The molecule has 0 aliphatic rings. The highest BCUT2D eigenvalue weighted by Crippen LogP contribution is 2.27. The topological polar surface area (TPSA) is 224 Å². The van der Waals surface area contributed by atoms with Crippen molar-refractivity contribution in [2.24, 2.45) is 76.9 Å². The van der Waals surface area contributed by atoms with Crippen molar-refractivity contribution in [3.8, 4) is 0 Å². The number of aryl methyl sites for hydroxylation is 4. The molecular formula is C79H124O12. The van der Waals surface area contributed by atoms with Crippen molar-refractivity contribution in [2.45, 2.75) is 205 Å². The van der Waals surface area contributed by atoms with Gasteiger partial charge in [0.1, 0.15) is 0 Å². The van der Waals surface area contributed by atoms with Crippen LogP contribution >= 0.6 is 0 Å². The maximum Gasteiger partial charge on any atom is 0.307 e. The van der Waals surface area contributed by atoms with Crippen LogP contribution in [0.1, 0.15) is 195 Å². The van der Waals surface area contributed by atoms with Crippen LogP contribution in [0.4, 0.5) is 0 Å². The van der Waals surface area contributed by atoms with Gasteiger partial charge in [-0.05, 0) is 154 Å². The molecule has 91 heavy (non-hydrogen) atoms. The Bertz CT molecular complexity index is 2730. The first-order chi connectivity index (χ1) is 41.0. The molecule has 5 rings (SSSR count). The molecule has 0 bridgehead atoms. The highest BCUT2D eigenvalue weighted by molar-refractivity contribution is 5.71. The minimum absolute atomic E-state index is 0. The van der Waals surface area contributed by atoms with E-state index < -0.39 is 35.8 Å². The van der Waals surface area contributed by atoms with E-state index >= 15 is 0 Å². The van der Waals surface area contributed by atoms with Gasteiger partial charge in [0, 0.05) is 12.8 Å². The van der Waals surface area contributed by atoms with Crippen molar-refractivity contribution >= 4 is 35.8 Å². The van der Waals surface area contributed by atoms with Crippen LogP contribution in [0.15, 0.2) is 127 Å². The molecule has 0 aromatic heterocycles. The van der Waals surface area contributed by atoms with E-state index in [2.05, 4.69) is 135 Å². The summed E-state index contributed by atoms with van der Waals surface area (Å²) in [6.45, 7) is 36.2. The number of carbonyl (C=O) groups is 6. The van der Waals surface area contributed by atoms with Gasteiger partial charge in [-0.3, -0.25) is 28.8 Å². The molecular weight excluding hydrogens is 1140 g/mol. The zero-order valence-corrected chi connectivity index (χ0v) is 56.6. The van der Waals surface area contributed by atoms with Crippen LogP contribution in [0, 0.1) is 105 Å². The lowest BCUT2D eigenvalue weighted by Crippen LogP contribution is -2.22. The highest BCUT2D eigenvalue weighted by Gasteiger charge is 2.24. The molecule has 5 aromatic carbocycles. The van der Waals surface area contributed by atoms with Gasteiger partial charge in [-0.1, -0.05) is 269 Å². The third-order valence-corrected chi connectivity index (χ3v) is 16.4. The van der Waals surface area contributed by atoms with E-state index in [4.69, 9.17) is 30.6 Å². The van der Waals surface area contributed by atoms with Crippen molar-refractivity contribution in [1.29, 1.82) is 0 Å². The average Bonchev–Trinajstić information content (AvgIpc) is 3.67. The van der Waals surface area contributed by atoms with Crippen LogP contribution in [-0.4, -0.2) is 66.5 Å². The number of carboxylic acid groups (broad SMARTS) is 6. The number of hydrogen-bond donors (Lipinski definition) is 6. The van der Waals surface area contributed by atoms with Crippen molar-refractivity contribution in [1.82, 2.24) is 0 Å². The maximum absolute atomic E-state index is 11.0. The Morgan fingerprint density at radius 1 is 0.319 bits per heavy atom. The molecule has 0 radical (unpaired) electrons. The second-order valence-electron chi connectivity index (χ2n) is 26.2. The molecule has 7 atom stereocenters. The zero-order chi connectivity index (χ0) is 67.4. The van der Waals surface area contributed by atoms with Gasteiger partial charge >= 0.3 is 35.8 Å². The van der Waals surface area contributed by atoms with Gasteiger partial charge in [-0.25, -0.2) is 0 Å². The molecule has 0 aliphatic heterocycles. The smallest absolute Gasteiger partial charge is 0.307 e. The molecule has 512 valence electrons. The predicted molar refractivity (Wildman–Crippen MR) is 379 cm³/mol. The summed E-state index contributed by atoms with van der Waals surface area (Å²) in [5.41, 5.74) is 11.0. The van der Waals surface area contributed by atoms with Crippen molar-refractivity contribution in [2.75, 3.05) is 0 Å². The molecule has 0 saturated heterocycles. The molecule has 12 heteroatoms. The summed E-state index contributed by atoms with van der Waals surface area (Å²) in [5, 5.41) is 53.0. The Hall–Kier alpha value is -7.08. The van der Waals surface area contributed by atoms with E-state index in [1.807, 2.05) is 103 Å². The molecule has 0 aliphatic carbocycles. The lowest BCUT2D eigenvalue weighted by molar-refractivity contribution is -0.144. The third kappa shape index (κ3) is 41.8. The second-order valence-corrected chi connectivity index (χ2v) is 26.2. The molecule has 1 unspecified atom stereocenters. The van der Waals surface area contributed by atoms with E-state index in [9.17, 15) is 28.8 Å². The fourth-order valence-electron chi connectivity index (χ4n) is 9.32. The lowest BCUT2D eigenvalue weighted by atomic mass is 9.82. The fourth-order valence-corrected chi connectivity index (χ4v) is 9.32. The van der Waals surface area contributed by atoms with Crippen LogP contribution in [0.25, 0.3) is 0 Å². The monoisotopic (exact) mass is 1260 g/mol. The first kappa shape index (κ1) is 90.3. The van der Waals surface area contributed by atoms with Crippen molar-refractivity contribution < 1.29 is 59.4 Å². The Morgan fingerprint density at radius 3 is 0.857 bits per heavy atom. The van der Waals surface area contributed by atoms with Gasteiger partial charge < -0.3 is 30.6 Å². The largest absolute Gasteiger partial charge is 0.481 e. The number of rotatable bonds is 27. The van der Waals surface area contributed by atoms with Crippen LogP contribution in [0.5, 0.6) is 0 Å². The Balaban J connectivity index is -0.000000502. The van der Waals surface area contributed by atoms with Crippen molar-refractivity contribution in [3.05, 3.63) is 177 Å². The van der Waals surface area contributed by atoms with Gasteiger partial charge in [0.25, 0.3) is 0 Å². The molecule has 5 aromatic rings. The number of aliphatic carboxylic acids is 6. The lowest BCUT2D eigenvalue weighted by Gasteiger charge is -2.23. The molecule has 0 amide bonds. The van der Waals surface area contributed by atoms with Gasteiger partial charge in [0.15, 0.2) is 0 Å². The summed E-state index contributed by atoms with van der Waals surface area (Å²) in [7, 11) is 0. The fraction of sp³-hybridized carbons (Fsp3) is 0.544. The van der Waals surface area contributed by atoms with E-state index in [0.29, 0.717) is 42.4 Å². The number of carboxylic acids is 6. The molecule has 0 heterocycles. The molecule has 6 N–H and O–H groups in total. The minimum atomic E-state index is -0.708. The van der Waals surface area contributed by atoms with Gasteiger partial charge in [-0.15, -0.1) is 0 Å². The summed E-state index contributed by atoms with van der Waals surface area (Å²) in [5.74, 6) is -2.12. The van der Waals surface area contributed by atoms with Crippen LogP contribution in [0.3, 0.4) is 0 Å². The van der Waals surface area contributed by atoms with Gasteiger partial charge in [0.05, 0.1) is 23.7 Å². The summed E-state index contributed by atoms with van der Waals surface area (Å²) < 4.78 is 0. The highest BCUT2D eigenvalue weighted by atomic mass is 16.4. The summed E-state index contributed by atoms with van der Waals surface area (Å²) in [6.07, 6.45) is 6.08. The van der Waals surface area contributed by atoms with Crippen LogP contribution < -0.4 is 0 Å². The minimum Gasteiger partial charge on any atom is -0.481 e. The summed E-state index contributed by atoms with van der Waals surface area (Å²) in [6, 6.07) is 43.2. The van der Waals surface area contributed by atoms with Crippen molar-refractivity contribution in [3.63, 3.8) is 0 Å². The maximum atomic E-state index is 11.0. The zero-order valence-electron chi connectivity index (χ0n) is 56.6. The Morgan fingerprint density at radius 2 is 0.615 bits per heavy atom. The third-order valence-electron chi connectivity index (χ3n) is 16.4. The average molecular weight is 1270 g/mol. The number of hydrogen-bond acceptors (Lipinski definition) is 6. The Labute approximate surface area is 551 Å². The van der Waals surface area contributed by atoms with Crippen LogP contribution in [0.2, 0.25) is 0 Å². The predicted octanol–water partition coefficient (Wildman–Crippen LogP) is 19.6.